The van der Waals surface area contributed by atoms with Crippen molar-refractivity contribution in [2.45, 2.75) is 45.6 Å². The molecule has 0 aromatic heterocycles. The minimum Gasteiger partial charge on any atom is -0.493 e. The largest absolute Gasteiger partial charge is 0.493 e. The first-order chi connectivity index (χ1) is 13.4. The van der Waals surface area contributed by atoms with Gasteiger partial charge < -0.3 is 14.6 Å². The monoisotopic (exact) mass is 423 g/mol. The maximum Gasteiger partial charge on any atom is 0.326 e. The number of hydrogen-bond donors (Lipinski definition) is 1. The van der Waals surface area contributed by atoms with Gasteiger partial charge in [-0.2, -0.15) is 0 Å². The van der Waals surface area contributed by atoms with Gasteiger partial charge in [0.2, 0.25) is 0 Å². The first kappa shape index (κ1) is 22.2. The van der Waals surface area contributed by atoms with E-state index in [1.54, 1.807) is 25.3 Å². The number of methoxy groups -OCH3 is 1. The number of thiocarbonyl (C=S) groups is 1. The third-order valence-corrected chi connectivity index (χ3v) is 5.55. The van der Waals surface area contributed by atoms with Crippen LogP contribution in [0.1, 0.15) is 45.1 Å². The zero-order valence-corrected chi connectivity index (χ0v) is 17.9. The Morgan fingerprint density at radius 1 is 1.32 bits per heavy atom. The molecule has 0 spiro atoms. The summed E-state index contributed by atoms with van der Waals surface area (Å²) >= 11 is 6.38. The number of ether oxygens (including phenoxy) is 2. The summed E-state index contributed by atoms with van der Waals surface area (Å²) in [6.45, 7) is 4.58. The molecular formula is C20H25NO5S2. The standard InChI is InChI=1S/C20H25NO5S2/c1-4-6-10-26-15-9-8-13(11-16(15)25-3)12-17-18(22)21(20(27)28-17)14(7-5-2)19(23)24/h8-9,11-12,14H,4-7,10H2,1-3H3,(H,23,24)/b17-12-. The number of rotatable bonds is 10. The number of carbonyl (C=O) groups is 2. The van der Waals surface area contributed by atoms with Crippen LogP contribution >= 0.6 is 24.0 Å². The molecule has 1 unspecified atom stereocenters. The summed E-state index contributed by atoms with van der Waals surface area (Å²) in [5.41, 5.74) is 0.752. The number of nitrogens with zero attached hydrogens (tertiary/aromatic N) is 1. The number of amides is 1. The van der Waals surface area contributed by atoms with Gasteiger partial charge in [0.15, 0.2) is 11.5 Å². The molecule has 0 saturated carbocycles. The quantitative estimate of drug-likeness (QED) is 0.341. The summed E-state index contributed by atoms with van der Waals surface area (Å²) in [6.07, 6.45) is 4.69. The second-order valence-corrected chi connectivity index (χ2v) is 7.98. The summed E-state index contributed by atoms with van der Waals surface area (Å²) in [5.74, 6) is -0.197. The van der Waals surface area contributed by atoms with Crippen LogP contribution in [0.15, 0.2) is 23.1 Å². The van der Waals surface area contributed by atoms with Crippen molar-refractivity contribution in [3.05, 3.63) is 28.7 Å². The molecular weight excluding hydrogens is 398 g/mol. The van der Waals surface area contributed by atoms with Gasteiger partial charge in [-0.3, -0.25) is 9.69 Å². The van der Waals surface area contributed by atoms with Crippen LogP contribution in [0.2, 0.25) is 0 Å². The van der Waals surface area contributed by atoms with Crippen LogP contribution in [-0.2, 0) is 9.59 Å². The van der Waals surface area contributed by atoms with E-state index in [0.29, 0.717) is 35.9 Å². The van der Waals surface area contributed by atoms with Crippen LogP contribution in [0, 0.1) is 0 Å². The lowest BCUT2D eigenvalue weighted by Crippen LogP contribution is -2.43. The predicted octanol–water partition coefficient (Wildman–Crippen LogP) is 4.33. The minimum absolute atomic E-state index is 0.267. The molecule has 1 saturated heterocycles. The van der Waals surface area contributed by atoms with Gasteiger partial charge in [0.25, 0.3) is 5.91 Å². The van der Waals surface area contributed by atoms with E-state index < -0.39 is 12.0 Å². The van der Waals surface area contributed by atoms with Gasteiger partial charge in [0.1, 0.15) is 10.4 Å². The van der Waals surface area contributed by atoms with Crippen LogP contribution in [0.4, 0.5) is 0 Å². The Morgan fingerprint density at radius 3 is 2.68 bits per heavy atom. The molecule has 1 aliphatic heterocycles. The maximum atomic E-state index is 12.8. The van der Waals surface area contributed by atoms with Gasteiger partial charge >= 0.3 is 5.97 Å². The molecule has 1 aromatic rings. The highest BCUT2D eigenvalue weighted by molar-refractivity contribution is 8.26. The van der Waals surface area contributed by atoms with E-state index in [9.17, 15) is 14.7 Å². The Balaban J connectivity index is 2.24. The van der Waals surface area contributed by atoms with Gasteiger partial charge in [-0.15, -0.1) is 0 Å². The first-order valence-corrected chi connectivity index (χ1v) is 10.5. The number of carboxylic acids is 1. The summed E-state index contributed by atoms with van der Waals surface area (Å²) in [6, 6.07) is 4.48. The Kier molecular flexibility index (Phi) is 8.32. The number of hydrogen-bond acceptors (Lipinski definition) is 6. The predicted molar refractivity (Wildman–Crippen MR) is 115 cm³/mol. The molecule has 0 radical (unpaired) electrons. The van der Waals surface area contributed by atoms with Crippen molar-refractivity contribution in [2.75, 3.05) is 13.7 Å². The number of aliphatic carboxylic acids is 1. The fourth-order valence-electron chi connectivity index (χ4n) is 2.76. The normalized spacial score (nSPS) is 16.5. The molecule has 2 rings (SSSR count). The van der Waals surface area contributed by atoms with E-state index in [-0.39, 0.29) is 10.2 Å². The maximum absolute atomic E-state index is 12.8. The molecule has 1 atom stereocenters. The van der Waals surface area contributed by atoms with Gasteiger partial charge in [0.05, 0.1) is 18.6 Å². The van der Waals surface area contributed by atoms with Crippen LogP contribution < -0.4 is 9.47 Å². The smallest absolute Gasteiger partial charge is 0.326 e. The second kappa shape index (κ2) is 10.5. The Morgan fingerprint density at radius 2 is 2.07 bits per heavy atom. The van der Waals surface area contributed by atoms with E-state index in [1.165, 1.54) is 4.90 Å². The van der Waals surface area contributed by atoms with Crippen LogP contribution in [-0.4, -0.2) is 46.0 Å². The van der Waals surface area contributed by atoms with Gasteiger partial charge in [0, 0.05) is 0 Å². The van der Waals surface area contributed by atoms with E-state index in [0.717, 1.165) is 30.2 Å². The highest BCUT2D eigenvalue weighted by Crippen LogP contribution is 2.36. The Bertz CT molecular complexity index is 778. The lowest BCUT2D eigenvalue weighted by Gasteiger charge is -2.22. The van der Waals surface area contributed by atoms with Crippen LogP contribution in [0.3, 0.4) is 0 Å². The number of carboxylic acid groups (broad SMARTS) is 1. The molecule has 1 heterocycles. The molecule has 1 amide bonds. The van der Waals surface area contributed by atoms with Crippen molar-refractivity contribution in [3.63, 3.8) is 0 Å². The lowest BCUT2D eigenvalue weighted by molar-refractivity contribution is -0.145. The van der Waals surface area contributed by atoms with Crippen molar-refractivity contribution in [1.82, 2.24) is 4.90 Å². The fourth-order valence-corrected chi connectivity index (χ4v) is 4.11. The molecule has 1 N–H and O–H groups in total. The Hall–Kier alpha value is -2.06. The zero-order valence-electron chi connectivity index (χ0n) is 16.3. The lowest BCUT2D eigenvalue weighted by atomic mass is 10.1. The molecule has 1 aliphatic rings. The van der Waals surface area contributed by atoms with E-state index in [1.807, 2.05) is 13.0 Å². The second-order valence-electron chi connectivity index (χ2n) is 6.31. The van der Waals surface area contributed by atoms with Gasteiger partial charge in [-0.25, -0.2) is 4.79 Å². The van der Waals surface area contributed by atoms with Crippen molar-refractivity contribution in [1.29, 1.82) is 0 Å². The molecule has 1 fully saturated rings. The van der Waals surface area contributed by atoms with Crippen LogP contribution in [0.5, 0.6) is 11.5 Å². The minimum atomic E-state index is -1.05. The fraction of sp³-hybridized carbons (Fsp3) is 0.450. The summed E-state index contributed by atoms with van der Waals surface area (Å²) < 4.78 is 11.4. The van der Waals surface area contributed by atoms with Gasteiger partial charge in [-0.1, -0.05) is 56.7 Å². The third-order valence-electron chi connectivity index (χ3n) is 4.22. The Labute approximate surface area is 174 Å². The van der Waals surface area contributed by atoms with Crippen molar-refractivity contribution >= 4 is 46.3 Å². The molecule has 8 heteroatoms. The summed E-state index contributed by atoms with van der Waals surface area (Å²) in [4.78, 5) is 25.9. The average Bonchev–Trinajstić information content (AvgIpc) is 2.94. The zero-order chi connectivity index (χ0) is 20.7. The number of benzene rings is 1. The molecule has 28 heavy (non-hydrogen) atoms. The van der Waals surface area contributed by atoms with Crippen LogP contribution in [0.25, 0.3) is 6.08 Å². The van der Waals surface area contributed by atoms with E-state index in [2.05, 4.69) is 6.92 Å². The number of thioether (sulfide) groups is 1. The van der Waals surface area contributed by atoms with Crippen molar-refractivity contribution in [2.24, 2.45) is 0 Å². The summed E-state index contributed by atoms with van der Waals surface area (Å²) in [7, 11) is 1.56. The average molecular weight is 424 g/mol. The SMILES string of the molecule is CCCCOc1ccc(/C=C2\SC(=S)N(C(CCC)C(=O)O)C2=O)cc1OC. The highest BCUT2D eigenvalue weighted by atomic mass is 32.2. The molecule has 0 bridgehead atoms. The van der Waals surface area contributed by atoms with Crippen molar-refractivity contribution in [3.8, 4) is 11.5 Å². The highest BCUT2D eigenvalue weighted by Gasteiger charge is 2.39. The topological polar surface area (TPSA) is 76.1 Å². The molecule has 1 aromatic carbocycles. The number of unbranched alkanes of at least 4 members (excludes halogenated alkanes) is 1. The van der Waals surface area contributed by atoms with E-state index in [4.69, 9.17) is 21.7 Å². The third kappa shape index (κ3) is 5.26. The van der Waals surface area contributed by atoms with E-state index >= 15 is 0 Å². The molecule has 6 nitrogen and oxygen atoms in total. The molecule has 152 valence electrons. The van der Waals surface area contributed by atoms with Gasteiger partial charge in [-0.05, 0) is 36.6 Å². The molecule has 0 aliphatic carbocycles. The van der Waals surface area contributed by atoms with Crippen molar-refractivity contribution < 1.29 is 24.2 Å². The number of carbonyl (C=O) groups excluding carboxylic acids is 1. The first-order valence-electron chi connectivity index (χ1n) is 9.23. The summed E-state index contributed by atoms with van der Waals surface area (Å²) in [5, 5.41) is 9.45.